The molecular formula is C11H11ClINO. The Kier molecular flexibility index (Phi) is 4.60. The molecule has 0 bridgehead atoms. The van der Waals surface area contributed by atoms with Crippen LogP contribution in [0.3, 0.4) is 0 Å². The molecular weight excluding hydrogens is 324 g/mol. The van der Waals surface area contributed by atoms with Gasteiger partial charge in [-0.2, -0.15) is 0 Å². The van der Waals surface area contributed by atoms with Crippen molar-refractivity contribution in [2.24, 2.45) is 0 Å². The predicted octanol–water partition coefficient (Wildman–Crippen LogP) is 3.85. The molecule has 0 aliphatic carbocycles. The molecule has 0 aliphatic heterocycles. The van der Waals surface area contributed by atoms with Crippen molar-refractivity contribution >= 4 is 45.8 Å². The van der Waals surface area contributed by atoms with E-state index in [2.05, 4.69) is 27.9 Å². The first-order valence-electron chi connectivity index (χ1n) is 4.40. The van der Waals surface area contributed by atoms with E-state index in [0.29, 0.717) is 10.7 Å². The van der Waals surface area contributed by atoms with Crippen LogP contribution in [0.1, 0.15) is 13.8 Å². The number of carbonyl (C=O) groups is 1. The van der Waals surface area contributed by atoms with Crippen LogP contribution in [0.4, 0.5) is 5.69 Å². The largest absolute Gasteiger partial charge is 0.321 e. The average molecular weight is 336 g/mol. The van der Waals surface area contributed by atoms with Crippen molar-refractivity contribution < 1.29 is 4.79 Å². The highest BCUT2D eigenvalue weighted by Gasteiger charge is 2.03. The normalized spacial score (nSPS) is 9.60. The summed E-state index contributed by atoms with van der Waals surface area (Å²) >= 11 is 8.14. The van der Waals surface area contributed by atoms with Gasteiger partial charge in [-0.25, -0.2) is 0 Å². The molecule has 0 spiro atoms. The second-order valence-electron chi connectivity index (χ2n) is 3.34. The highest BCUT2D eigenvalue weighted by molar-refractivity contribution is 14.1. The fourth-order valence-electron chi connectivity index (χ4n) is 1.02. The predicted molar refractivity (Wildman–Crippen MR) is 72.2 cm³/mol. The molecule has 4 heteroatoms. The highest BCUT2D eigenvalue weighted by Crippen LogP contribution is 2.23. The van der Waals surface area contributed by atoms with Gasteiger partial charge in [-0.3, -0.25) is 4.79 Å². The van der Waals surface area contributed by atoms with Gasteiger partial charge in [0.15, 0.2) is 0 Å². The smallest absolute Gasteiger partial charge is 0.248 e. The molecule has 1 N–H and O–H groups in total. The third-order valence-corrected chi connectivity index (χ3v) is 2.59. The number of benzene rings is 1. The zero-order valence-corrected chi connectivity index (χ0v) is 11.4. The van der Waals surface area contributed by atoms with E-state index in [1.807, 2.05) is 19.9 Å². The first kappa shape index (κ1) is 12.5. The minimum absolute atomic E-state index is 0.155. The summed E-state index contributed by atoms with van der Waals surface area (Å²) in [7, 11) is 0. The lowest BCUT2D eigenvalue weighted by atomic mass is 10.3. The number of hydrogen-bond acceptors (Lipinski definition) is 1. The third kappa shape index (κ3) is 4.22. The Hall–Kier alpha value is -0.550. The average Bonchev–Trinajstić information content (AvgIpc) is 2.08. The maximum atomic E-state index is 11.4. The van der Waals surface area contributed by atoms with Gasteiger partial charge in [0.25, 0.3) is 0 Å². The lowest BCUT2D eigenvalue weighted by Gasteiger charge is -2.05. The summed E-state index contributed by atoms with van der Waals surface area (Å²) in [5.41, 5.74) is 1.59. The Morgan fingerprint density at radius 3 is 2.67 bits per heavy atom. The Morgan fingerprint density at radius 1 is 1.47 bits per heavy atom. The van der Waals surface area contributed by atoms with Crippen molar-refractivity contribution in [3.05, 3.63) is 38.4 Å². The molecule has 1 amide bonds. The van der Waals surface area contributed by atoms with Gasteiger partial charge in [-0.1, -0.05) is 17.2 Å². The van der Waals surface area contributed by atoms with Gasteiger partial charge in [0, 0.05) is 9.65 Å². The van der Waals surface area contributed by atoms with Crippen LogP contribution in [0.25, 0.3) is 0 Å². The van der Waals surface area contributed by atoms with E-state index in [9.17, 15) is 4.79 Å². The van der Waals surface area contributed by atoms with E-state index >= 15 is 0 Å². The van der Waals surface area contributed by atoms with Gasteiger partial charge < -0.3 is 5.32 Å². The van der Waals surface area contributed by atoms with Crippen molar-refractivity contribution in [2.75, 3.05) is 5.32 Å². The Balaban J connectivity index is 2.82. The number of carbonyl (C=O) groups excluding carboxylic acids is 1. The molecule has 0 radical (unpaired) electrons. The van der Waals surface area contributed by atoms with Gasteiger partial charge in [0.1, 0.15) is 0 Å². The molecule has 1 rings (SSSR count). The molecule has 1 aromatic rings. The number of rotatable bonds is 2. The number of halogens is 2. The summed E-state index contributed by atoms with van der Waals surface area (Å²) < 4.78 is 1.04. The Morgan fingerprint density at radius 2 is 2.13 bits per heavy atom. The second kappa shape index (κ2) is 5.51. The molecule has 0 heterocycles. The summed E-state index contributed by atoms with van der Waals surface area (Å²) in [5.74, 6) is -0.155. The summed E-state index contributed by atoms with van der Waals surface area (Å²) in [6.45, 7) is 3.74. The minimum atomic E-state index is -0.155. The van der Waals surface area contributed by atoms with E-state index in [1.54, 1.807) is 12.1 Å². The molecule has 0 unspecified atom stereocenters. The van der Waals surface area contributed by atoms with Gasteiger partial charge in [0.2, 0.25) is 5.91 Å². The van der Waals surface area contributed by atoms with E-state index in [1.165, 1.54) is 6.08 Å². The summed E-state index contributed by atoms with van der Waals surface area (Å²) in [4.78, 5) is 11.4. The lowest BCUT2D eigenvalue weighted by Crippen LogP contribution is -2.08. The molecule has 1 aromatic carbocycles. The van der Waals surface area contributed by atoms with Crippen LogP contribution in [0.5, 0.6) is 0 Å². The molecule has 2 nitrogen and oxygen atoms in total. The topological polar surface area (TPSA) is 29.1 Å². The highest BCUT2D eigenvalue weighted by atomic mass is 127. The first-order valence-corrected chi connectivity index (χ1v) is 5.85. The van der Waals surface area contributed by atoms with E-state index in [-0.39, 0.29) is 5.91 Å². The van der Waals surface area contributed by atoms with Crippen LogP contribution in [-0.2, 0) is 4.79 Å². The molecule has 0 saturated heterocycles. The van der Waals surface area contributed by atoms with Crippen LogP contribution in [0.15, 0.2) is 29.8 Å². The molecule has 0 fully saturated rings. The molecule has 0 saturated carbocycles. The molecule has 0 atom stereocenters. The summed E-state index contributed by atoms with van der Waals surface area (Å²) in [6.07, 6.45) is 1.54. The van der Waals surface area contributed by atoms with Crippen molar-refractivity contribution in [1.29, 1.82) is 0 Å². The summed E-state index contributed by atoms with van der Waals surface area (Å²) in [6, 6.07) is 5.49. The van der Waals surface area contributed by atoms with Crippen molar-refractivity contribution in [3.8, 4) is 0 Å². The number of hydrogen-bond donors (Lipinski definition) is 1. The number of amides is 1. The number of allylic oxidation sites excluding steroid dienone is 1. The maximum absolute atomic E-state index is 11.4. The molecule has 0 aliphatic rings. The minimum Gasteiger partial charge on any atom is -0.321 e. The first-order chi connectivity index (χ1) is 6.99. The fourth-order valence-corrected chi connectivity index (χ4v) is 1.92. The standard InChI is InChI=1S/C11H11ClINO/c1-7(2)5-11(15)14-10-4-3-8(13)6-9(10)12/h3-6H,1-2H3,(H,14,15). The van der Waals surface area contributed by atoms with E-state index in [4.69, 9.17) is 11.6 Å². The Labute approximate surface area is 108 Å². The van der Waals surface area contributed by atoms with Crippen LogP contribution >= 0.6 is 34.2 Å². The van der Waals surface area contributed by atoms with Crippen molar-refractivity contribution in [1.82, 2.24) is 0 Å². The summed E-state index contributed by atoms with van der Waals surface area (Å²) in [5, 5.41) is 3.27. The lowest BCUT2D eigenvalue weighted by molar-refractivity contribution is -0.111. The zero-order chi connectivity index (χ0) is 11.4. The fraction of sp³-hybridized carbons (Fsp3) is 0.182. The van der Waals surface area contributed by atoms with Crippen molar-refractivity contribution in [3.63, 3.8) is 0 Å². The Bertz CT molecular complexity index is 411. The maximum Gasteiger partial charge on any atom is 0.248 e. The van der Waals surface area contributed by atoms with Gasteiger partial charge in [-0.05, 0) is 54.6 Å². The van der Waals surface area contributed by atoms with E-state index < -0.39 is 0 Å². The van der Waals surface area contributed by atoms with Gasteiger partial charge in [-0.15, -0.1) is 0 Å². The van der Waals surface area contributed by atoms with Crippen LogP contribution in [-0.4, -0.2) is 5.91 Å². The SMILES string of the molecule is CC(C)=CC(=O)Nc1ccc(I)cc1Cl. The van der Waals surface area contributed by atoms with E-state index in [0.717, 1.165) is 9.14 Å². The van der Waals surface area contributed by atoms with Gasteiger partial charge in [0.05, 0.1) is 10.7 Å². The van der Waals surface area contributed by atoms with Crippen LogP contribution in [0.2, 0.25) is 5.02 Å². The zero-order valence-electron chi connectivity index (χ0n) is 8.47. The van der Waals surface area contributed by atoms with Crippen LogP contribution in [0, 0.1) is 3.57 Å². The number of anilines is 1. The third-order valence-electron chi connectivity index (χ3n) is 1.61. The molecule has 15 heavy (non-hydrogen) atoms. The van der Waals surface area contributed by atoms with Crippen LogP contribution < -0.4 is 5.32 Å². The molecule has 80 valence electrons. The molecule has 0 aromatic heterocycles. The van der Waals surface area contributed by atoms with Gasteiger partial charge >= 0.3 is 0 Å². The monoisotopic (exact) mass is 335 g/mol. The number of nitrogens with one attached hydrogen (secondary N) is 1. The second-order valence-corrected chi connectivity index (χ2v) is 4.99. The van der Waals surface area contributed by atoms with Crippen molar-refractivity contribution in [2.45, 2.75) is 13.8 Å². The quantitative estimate of drug-likeness (QED) is 0.645.